The molecule has 0 saturated heterocycles. The Hall–Kier alpha value is -1.76. The number of halogens is 3. The van der Waals surface area contributed by atoms with Crippen LogP contribution in [0.25, 0.3) is 0 Å². The average molecular weight is 301 g/mol. The van der Waals surface area contributed by atoms with E-state index >= 15 is 0 Å². The van der Waals surface area contributed by atoms with E-state index in [1.54, 1.807) is 7.05 Å². The van der Waals surface area contributed by atoms with Crippen molar-refractivity contribution in [3.63, 3.8) is 0 Å². The molecule has 0 atom stereocenters. The fourth-order valence-corrected chi connectivity index (χ4v) is 2.47. The Morgan fingerprint density at radius 3 is 2.57 bits per heavy atom. The van der Waals surface area contributed by atoms with E-state index in [2.05, 4.69) is 0 Å². The summed E-state index contributed by atoms with van der Waals surface area (Å²) < 4.78 is 38.8. The maximum absolute atomic E-state index is 12.9. The third-order valence-corrected chi connectivity index (χ3v) is 3.85. The zero-order chi connectivity index (χ0) is 15.6. The molecule has 0 aromatic heterocycles. The molecule has 7 heteroatoms. The number of hydrogen-bond acceptors (Lipinski definition) is 3. The van der Waals surface area contributed by atoms with Gasteiger partial charge in [0.15, 0.2) is 0 Å². The van der Waals surface area contributed by atoms with E-state index in [-0.39, 0.29) is 11.3 Å². The van der Waals surface area contributed by atoms with Crippen LogP contribution in [0.5, 0.6) is 0 Å². The summed E-state index contributed by atoms with van der Waals surface area (Å²) in [5.41, 5.74) is 0.643. The van der Waals surface area contributed by atoms with Gasteiger partial charge in [-0.1, -0.05) is 12.5 Å². The van der Waals surface area contributed by atoms with Gasteiger partial charge in [0.1, 0.15) is 0 Å². The smallest absolute Gasteiger partial charge is 0.341 e. The number of hydrazine groups is 1. The molecule has 0 unspecified atom stereocenters. The van der Waals surface area contributed by atoms with E-state index in [0.717, 1.165) is 25.3 Å². The number of carbonyl (C=O) groups excluding carboxylic acids is 1. The second kappa shape index (κ2) is 5.93. The largest absolute Gasteiger partial charge is 0.418 e. The minimum absolute atomic E-state index is 0.0610. The van der Waals surface area contributed by atoms with E-state index in [1.165, 1.54) is 17.0 Å². The molecular weight excluding hydrogens is 283 g/mol. The first-order valence-electron chi connectivity index (χ1n) is 6.77. The van der Waals surface area contributed by atoms with Crippen LogP contribution < -0.4 is 11.3 Å². The van der Waals surface area contributed by atoms with Gasteiger partial charge in [0.05, 0.1) is 16.8 Å². The van der Waals surface area contributed by atoms with Crippen molar-refractivity contribution in [2.75, 3.05) is 19.0 Å². The van der Waals surface area contributed by atoms with E-state index in [4.69, 9.17) is 5.84 Å². The molecule has 0 bridgehead atoms. The van der Waals surface area contributed by atoms with Crippen molar-refractivity contribution in [3.05, 3.63) is 29.3 Å². The van der Waals surface area contributed by atoms with Crippen LogP contribution in [-0.2, 0) is 6.18 Å². The molecule has 116 valence electrons. The van der Waals surface area contributed by atoms with Crippen molar-refractivity contribution in [3.8, 4) is 0 Å². The van der Waals surface area contributed by atoms with Crippen LogP contribution in [0.1, 0.15) is 35.2 Å². The Bertz CT molecular complexity index is 527. The van der Waals surface area contributed by atoms with Crippen LogP contribution in [0.3, 0.4) is 0 Å². The second-order valence-corrected chi connectivity index (χ2v) is 5.35. The topological polar surface area (TPSA) is 58.4 Å². The molecular formula is C14H18F3N3O. The molecule has 4 nitrogen and oxygen atoms in total. The number of nitrogens with one attached hydrogen (secondary N) is 1. The highest BCUT2D eigenvalue weighted by Crippen LogP contribution is 2.36. The zero-order valence-corrected chi connectivity index (χ0v) is 11.7. The van der Waals surface area contributed by atoms with Crippen LogP contribution in [0.2, 0.25) is 0 Å². The number of benzene rings is 1. The molecule has 0 aliphatic heterocycles. The quantitative estimate of drug-likeness (QED) is 0.664. The lowest BCUT2D eigenvalue weighted by Crippen LogP contribution is -2.35. The summed E-state index contributed by atoms with van der Waals surface area (Å²) >= 11 is 0. The van der Waals surface area contributed by atoms with Crippen molar-refractivity contribution in [1.82, 2.24) is 4.90 Å². The number of nitrogen functional groups attached to an aromatic ring is 1. The van der Waals surface area contributed by atoms with Crippen molar-refractivity contribution in [1.29, 1.82) is 0 Å². The molecule has 1 aliphatic rings. The van der Waals surface area contributed by atoms with Gasteiger partial charge in [-0.2, -0.15) is 13.2 Å². The Labute approximate surface area is 121 Å². The highest BCUT2D eigenvalue weighted by Gasteiger charge is 2.35. The van der Waals surface area contributed by atoms with Crippen LogP contribution in [-0.4, -0.2) is 24.4 Å². The van der Waals surface area contributed by atoms with Gasteiger partial charge < -0.3 is 10.3 Å². The molecule has 21 heavy (non-hydrogen) atoms. The lowest BCUT2D eigenvalue weighted by atomic mass is 9.85. The van der Waals surface area contributed by atoms with Crippen LogP contribution >= 0.6 is 0 Å². The maximum atomic E-state index is 12.9. The molecule has 1 aromatic carbocycles. The van der Waals surface area contributed by atoms with E-state index in [1.807, 2.05) is 5.43 Å². The third kappa shape index (κ3) is 3.29. The van der Waals surface area contributed by atoms with Crippen molar-refractivity contribution in [2.45, 2.75) is 25.4 Å². The van der Waals surface area contributed by atoms with Gasteiger partial charge in [0, 0.05) is 13.6 Å². The zero-order valence-electron chi connectivity index (χ0n) is 11.7. The van der Waals surface area contributed by atoms with E-state index in [9.17, 15) is 18.0 Å². The number of rotatable bonds is 4. The molecule has 1 aliphatic carbocycles. The molecule has 1 amide bonds. The monoisotopic (exact) mass is 301 g/mol. The average Bonchev–Trinajstić information content (AvgIpc) is 2.39. The van der Waals surface area contributed by atoms with Gasteiger partial charge in [-0.3, -0.25) is 10.6 Å². The molecule has 0 spiro atoms. The Balaban J connectivity index is 2.27. The van der Waals surface area contributed by atoms with Crippen molar-refractivity contribution in [2.24, 2.45) is 11.8 Å². The number of anilines is 1. The van der Waals surface area contributed by atoms with Crippen molar-refractivity contribution < 1.29 is 18.0 Å². The minimum atomic E-state index is -4.56. The van der Waals surface area contributed by atoms with Crippen molar-refractivity contribution >= 4 is 11.6 Å². The van der Waals surface area contributed by atoms with Gasteiger partial charge in [-0.05, 0) is 30.9 Å². The van der Waals surface area contributed by atoms with Gasteiger partial charge >= 0.3 is 6.18 Å². The maximum Gasteiger partial charge on any atom is 0.418 e. The predicted octanol–water partition coefficient (Wildman–Crippen LogP) is 2.86. The summed E-state index contributed by atoms with van der Waals surface area (Å²) in [6.07, 6.45) is -1.30. The van der Waals surface area contributed by atoms with Gasteiger partial charge in [-0.25, -0.2) is 0 Å². The highest BCUT2D eigenvalue weighted by molar-refractivity contribution is 6.00. The molecule has 0 heterocycles. The first-order chi connectivity index (χ1) is 9.84. The van der Waals surface area contributed by atoms with Crippen LogP contribution in [0.15, 0.2) is 18.2 Å². The summed E-state index contributed by atoms with van der Waals surface area (Å²) in [5, 5.41) is 0. The summed E-state index contributed by atoms with van der Waals surface area (Å²) in [4.78, 5) is 13.8. The minimum Gasteiger partial charge on any atom is -0.341 e. The fraction of sp³-hybridized carbons (Fsp3) is 0.500. The Kier molecular flexibility index (Phi) is 4.41. The number of carbonyl (C=O) groups is 1. The van der Waals surface area contributed by atoms with Crippen LogP contribution in [0, 0.1) is 5.92 Å². The summed E-state index contributed by atoms with van der Waals surface area (Å²) in [6.45, 7) is 0.555. The first kappa shape index (κ1) is 15.6. The third-order valence-electron chi connectivity index (χ3n) is 3.85. The second-order valence-electron chi connectivity index (χ2n) is 5.35. The number of para-hydroxylation sites is 1. The number of hydrogen-bond donors (Lipinski definition) is 2. The predicted molar refractivity (Wildman–Crippen MR) is 73.6 cm³/mol. The van der Waals surface area contributed by atoms with E-state index in [0.29, 0.717) is 12.5 Å². The molecule has 3 N–H and O–H groups in total. The highest BCUT2D eigenvalue weighted by atomic mass is 19.4. The number of nitrogens with two attached hydrogens (primary N) is 1. The fourth-order valence-electron chi connectivity index (χ4n) is 2.47. The number of alkyl halides is 3. The van der Waals surface area contributed by atoms with Gasteiger partial charge in [-0.15, -0.1) is 0 Å². The molecule has 1 aromatic rings. The lowest BCUT2D eigenvalue weighted by Gasteiger charge is -2.30. The summed E-state index contributed by atoms with van der Waals surface area (Å²) in [5.74, 6) is 5.19. The SMILES string of the molecule is CN(CC1CCC1)C(=O)c1cccc(C(F)(F)F)c1NN. The van der Waals surface area contributed by atoms with Gasteiger partial charge in [0.25, 0.3) is 5.91 Å². The summed E-state index contributed by atoms with van der Waals surface area (Å²) in [7, 11) is 1.60. The van der Waals surface area contributed by atoms with E-state index < -0.39 is 17.6 Å². The molecule has 1 saturated carbocycles. The molecule has 0 radical (unpaired) electrons. The normalized spacial score (nSPS) is 15.5. The molecule has 2 rings (SSSR count). The first-order valence-corrected chi connectivity index (χ1v) is 6.77. The summed E-state index contributed by atoms with van der Waals surface area (Å²) in [6, 6.07) is 3.47. The standard InChI is InChI=1S/C14H18F3N3O/c1-20(8-9-4-2-5-9)13(21)10-6-3-7-11(12(10)19-18)14(15,16)17/h3,6-7,9,19H,2,4-5,8,18H2,1H3. The number of amides is 1. The molecule has 1 fully saturated rings. The lowest BCUT2D eigenvalue weighted by molar-refractivity contribution is -0.137. The Morgan fingerprint density at radius 1 is 1.43 bits per heavy atom. The van der Waals surface area contributed by atoms with Gasteiger partial charge in [0.2, 0.25) is 0 Å². The van der Waals surface area contributed by atoms with Crippen LogP contribution in [0.4, 0.5) is 18.9 Å². The Morgan fingerprint density at radius 2 is 2.10 bits per heavy atom. The number of nitrogens with zero attached hydrogens (tertiary/aromatic N) is 1.